The molecule has 1 N–H and O–H groups in total. The molecular weight excluding hydrogens is 290 g/mol. The van der Waals surface area contributed by atoms with Crippen LogP contribution in [0.15, 0.2) is 35.1 Å². The Balaban J connectivity index is 1.57. The normalized spacial score (nSPS) is 17.0. The molecule has 2 heterocycles. The van der Waals surface area contributed by atoms with Crippen LogP contribution < -0.4 is 5.56 Å². The molecular formula is C18H19N3O2. The molecule has 0 saturated heterocycles. The second-order valence-corrected chi connectivity index (χ2v) is 6.38. The van der Waals surface area contributed by atoms with Crippen LogP contribution in [-0.2, 0) is 24.2 Å². The number of H-pyrrole nitrogens is 1. The molecule has 1 aliphatic heterocycles. The highest BCUT2D eigenvalue weighted by Gasteiger charge is 2.35. The van der Waals surface area contributed by atoms with Crippen molar-refractivity contribution in [3.63, 3.8) is 0 Å². The number of aromatic nitrogens is 2. The lowest BCUT2D eigenvalue weighted by Gasteiger charge is -2.28. The number of amides is 1. The first-order valence-electron chi connectivity index (χ1n) is 8.14. The molecule has 1 aliphatic carbocycles. The van der Waals surface area contributed by atoms with Crippen LogP contribution in [0.2, 0.25) is 0 Å². The Hall–Kier alpha value is -2.43. The Labute approximate surface area is 134 Å². The number of aromatic amines is 1. The minimum absolute atomic E-state index is 0.103. The molecule has 4 rings (SSSR count). The monoisotopic (exact) mass is 309 g/mol. The maximum absolute atomic E-state index is 12.4. The molecule has 1 amide bonds. The Morgan fingerprint density at radius 2 is 2.04 bits per heavy atom. The van der Waals surface area contributed by atoms with E-state index in [1.165, 1.54) is 0 Å². The Morgan fingerprint density at radius 3 is 2.78 bits per heavy atom. The van der Waals surface area contributed by atoms with Crippen molar-refractivity contribution in [2.24, 2.45) is 5.92 Å². The molecule has 23 heavy (non-hydrogen) atoms. The number of fused-ring (bicyclic) bond motifs is 1. The Kier molecular flexibility index (Phi) is 3.48. The second-order valence-electron chi connectivity index (χ2n) is 6.38. The molecule has 1 fully saturated rings. The van der Waals surface area contributed by atoms with Gasteiger partial charge in [-0.2, -0.15) is 0 Å². The number of rotatable bonds is 3. The van der Waals surface area contributed by atoms with Crippen LogP contribution in [0.5, 0.6) is 0 Å². The van der Waals surface area contributed by atoms with Gasteiger partial charge < -0.3 is 9.88 Å². The van der Waals surface area contributed by atoms with Crippen LogP contribution in [0.25, 0.3) is 0 Å². The molecule has 0 bridgehead atoms. The number of nitrogens with zero attached hydrogens (tertiary/aromatic N) is 2. The highest BCUT2D eigenvalue weighted by molar-refractivity contribution is 5.81. The van der Waals surface area contributed by atoms with Gasteiger partial charge in [-0.1, -0.05) is 30.3 Å². The molecule has 0 radical (unpaired) electrons. The predicted molar refractivity (Wildman–Crippen MR) is 86.0 cm³/mol. The first kappa shape index (κ1) is 14.2. The summed E-state index contributed by atoms with van der Waals surface area (Å²) in [5.74, 6) is 1.09. The molecule has 5 heteroatoms. The summed E-state index contributed by atoms with van der Waals surface area (Å²) in [5, 5.41) is 0. The van der Waals surface area contributed by atoms with E-state index >= 15 is 0 Å². The van der Waals surface area contributed by atoms with Crippen molar-refractivity contribution in [3.8, 4) is 0 Å². The summed E-state index contributed by atoms with van der Waals surface area (Å²) in [7, 11) is 0. The van der Waals surface area contributed by atoms with E-state index in [0.29, 0.717) is 37.3 Å². The van der Waals surface area contributed by atoms with Gasteiger partial charge in [0.05, 0.1) is 17.8 Å². The van der Waals surface area contributed by atoms with Crippen LogP contribution in [-0.4, -0.2) is 27.3 Å². The van der Waals surface area contributed by atoms with Gasteiger partial charge >= 0.3 is 0 Å². The fourth-order valence-corrected chi connectivity index (χ4v) is 3.13. The lowest BCUT2D eigenvalue weighted by atomic mass is 10.1. The van der Waals surface area contributed by atoms with E-state index in [1.54, 1.807) is 0 Å². The Morgan fingerprint density at radius 1 is 1.26 bits per heavy atom. The SMILES string of the molecule is O=C(C1CC1)N1CCc2nc(Cc3ccccc3)[nH]c(=O)c2C1. The maximum Gasteiger partial charge on any atom is 0.256 e. The number of hydrogen-bond acceptors (Lipinski definition) is 3. The van der Waals surface area contributed by atoms with E-state index in [2.05, 4.69) is 9.97 Å². The number of carbonyl (C=O) groups is 1. The first-order chi connectivity index (χ1) is 11.2. The third kappa shape index (κ3) is 2.91. The third-order valence-electron chi connectivity index (χ3n) is 4.57. The van der Waals surface area contributed by atoms with Gasteiger partial charge in [0.1, 0.15) is 5.82 Å². The minimum atomic E-state index is -0.103. The van der Waals surface area contributed by atoms with E-state index in [-0.39, 0.29) is 17.4 Å². The van der Waals surface area contributed by atoms with Crippen LogP contribution in [0.4, 0.5) is 0 Å². The van der Waals surface area contributed by atoms with Crippen LogP contribution in [0, 0.1) is 5.92 Å². The van der Waals surface area contributed by atoms with Gasteiger partial charge in [-0.25, -0.2) is 4.98 Å². The summed E-state index contributed by atoms with van der Waals surface area (Å²) in [4.78, 5) is 33.9. The van der Waals surface area contributed by atoms with Crippen LogP contribution in [0.3, 0.4) is 0 Å². The summed E-state index contributed by atoms with van der Waals surface area (Å²) in [6, 6.07) is 9.98. The fourth-order valence-electron chi connectivity index (χ4n) is 3.13. The van der Waals surface area contributed by atoms with E-state index < -0.39 is 0 Å². The summed E-state index contributed by atoms with van der Waals surface area (Å²) in [6.07, 6.45) is 3.27. The first-order valence-corrected chi connectivity index (χ1v) is 8.14. The largest absolute Gasteiger partial charge is 0.337 e. The molecule has 5 nitrogen and oxygen atoms in total. The summed E-state index contributed by atoms with van der Waals surface area (Å²) >= 11 is 0. The van der Waals surface area contributed by atoms with Gasteiger partial charge in [-0.05, 0) is 18.4 Å². The standard InChI is InChI=1S/C18H19N3O2/c22-17-14-11-21(18(23)13-6-7-13)9-8-15(14)19-16(20-17)10-12-4-2-1-3-5-12/h1-5,13H,6-11H2,(H,19,20,22). The van der Waals surface area contributed by atoms with Gasteiger partial charge in [0.25, 0.3) is 5.56 Å². The van der Waals surface area contributed by atoms with Crippen molar-refractivity contribution in [2.45, 2.75) is 32.2 Å². The third-order valence-corrected chi connectivity index (χ3v) is 4.57. The van der Waals surface area contributed by atoms with E-state index in [4.69, 9.17) is 0 Å². The highest BCUT2D eigenvalue weighted by atomic mass is 16.2. The second kappa shape index (κ2) is 5.65. The van der Waals surface area contributed by atoms with Gasteiger partial charge in [-0.15, -0.1) is 0 Å². The molecule has 0 spiro atoms. The van der Waals surface area contributed by atoms with Crippen molar-refractivity contribution >= 4 is 5.91 Å². The van der Waals surface area contributed by atoms with Crippen LogP contribution >= 0.6 is 0 Å². The molecule has 0 atom stereocenters. The van der Waals surface area contributed by atoms with Crippen LogP contribution in [0.1, 0.15) is 35.5 Å². The smallest absolute Gasteiger partial charge is 0.256 e. The summed E-state index contributed by atoms with van der Waals surface area (Å²) in [6.45, 7) is 1.07. The molecule has 118 valence electrons. The molecule has 0 unspecified atom stereocenters. The number of nitrogens with one attached hydrogen (secondary N) is 1. The predicted octanol–water partition coefficient (Wildman–Crippen LogP) is 1.66. The molecule has 2 aromatic rings. The average Bonchev–Trinajstić information content (AvgIpc) is 3.40. The molecule has 2 aliphatic rings. The van der Waals surface area contributed by atoms with Gasteiger partial charge in [0.15, 0.2) is 0 Å². The highest BCUT2D eigenvalue weighted by Crippen LogP contribution is 2.32. The topological polar surface area (TPSA) is 66.1 Å². The maximum atomic E-state index is 12.4. The molecule has 1 aromatic carbocycles. The zero-order valence-corrected chi connectivity index (χ0v) is 12.9. The number of benzene rings is 1. The lowest BCUT2D eigenvalue weighted by Crippen LogP contribution is -2.40. The zero-order chi connectivity index (χ0) is 15.8. The quantitative estimate of drug-likeness (QED) is 0.937. The molecule has 1 aromatic heterocycles. The van der Waals surface area contributed by atoms with Crippen molar-refractivity contribution in [2.75, 3.05) is 6.54 Å². The zero-order valence-electron chi connectivity index (χ0n) is 12.9. The lowest BCUT2D eigenvalue weighted by molar-refractivity contribution is -0.133. The number of carbonyl (C=O) groups excluding carboxylic acids is 1. The van der Waals surface area contributed by atoms with Crippen molar-refractivity contribution in [1.29, 1.82) is 0 Å². The average molecular weight is 309 g/mol. The summed E-state index contributed by atoms with van der Waals surface area (Å²) in [5.41, 5.74) is 2.52. The van der Waals surface area contributed by atoms with Crippen molar-refractivity contribution in [1.82, 2.24) is 14.9 Å². The van der Waals surface area contributed by atoms with Crippen molar-refractivity contribution < 1.29 is 4.79 Å². The molecule has 1 saturated carbocycles. The van der Waals surface area contributed by atoms with Gasteiger partial charge in [0.2, 0.25) is 5.91 Å². The van der Waals surface area contributed by atoms with Gasteiger partial charge in [-0.3, -0.25) is 9.59 Å². The van der Waals surface area contributed by atoms with E-state index in [0.717, 1.165) is 24.1 Å². The van der Waals surface area contributed by atoms with Crippen molar-refractivity contribution in [3.05, 3.63) is 63.3 Å². The Bertz CT molecular complexity index is 794. The van der Waals surface area contributed by atoms with E-state index in [9.17, 15) is 9.59 Å². The fraction of sp³-hybridized carbons (Fsp3) is 0.389. The van der Waals surface area contributed by atoms with Gasteiger partial charge in [0, 0.05) is 25.3 Å². The summed E-state index contributed by atoms with van der Waals surface area (Å²) < 4.78 is 0. The minimum Gasteiger partial charge on any atom is -0.337 e. The van der Waals surface area contributed by atoms with E-state index in [1.807, 2.05) is 35.2 Å². The number of hydrogen-bond donors (Lipinski definition) is 1.